The molecule has 2 rings (SSSR count). The van der Waals surface area contributed by atoms with E-state index in [1.807, 2.05) is 24.3 Å². The quantitative estimate of drug-likeness (QED) is 0.593. The molecular weight excluding hydrogens is 296 g/mol. The highest BCUT2D eigenvalue weighted by Crippen LogP contribution is 2.32. The minimum absolute atomic E-state index is 0.420. The Kier molecular flexibility index (Phi) is 5.86. The molecule has 0 aliphatic carbocycles. The number of hydrogen-bond acceptors (Lipinski definition) is 7. The van der Waals surface area contributed by atoms with Crippen molar-refractivity contribution in [3.63, 3.8) is 0 Å². The van der Waals surface area contributed by atoms with Crippen molar-refractivity contribution in [2.75, 3.05) is 13.7 Å². The Labute approximate surface area is 127 Å². The van der Waals surface area contributed by atoms with E-state index in [0.29, 0.717) is 5.75 Å². The maximum absolute atomic E-state index is 9.96. The lowest BCUT2D eigenvalue weighted by molar-refractivity contribution is -0.205. The molecule has 6 nitrogen and oxygen atoms in total. The fourth-order valence-electron chi connectivity index (χ4n) is 2.20. The molecular formula is C14H20O6S. The van der Waals surface area contributed by atoms with Crippen molar-refractivity contribution >= 4 is 11.8 Å². The lowest BCUT2D eigenvalue weighted by atomic mass is 10.0. The smallest absolute Gasteiger partial charge is 0.132 e. The third-order valence-electron chi connectivity index (χ3n) is 3.44. The molecule has 0 radical (unpaired) electrons. The predicted octanol–water partition coefficient (Wildman–Crippen LogP) is -0.272. The molecule has 0 spiro atoms. The van der Waals surface area contributed by atoms with Crippen LogP contribution in [0, 0.1) is 0 Å². The fraction of sp³-hybridized carbons (Fsp3) is 0.571. The minimum atomic E-state index is -1.34. The van der Waals surface area contributed by atoms with E-state index < -0.39 is 36.5 Å². The van der Waals surface area contributed by atoms with E-state index in [4.69, 9.17) is 14.6 Å². The van der Waals surface area contributed by atoms with Crippen LogP contribution in [-0.2, 0) is 10.5 Å². The maximum atomic E-state index is 9.96. The van der Waals surface area contributed by atoms with E-state index >= 15 is 0 Å². The number of benzene rings is 1. The molecule has 118 valence electrons. The zero-order chi connectivity index (χ0) is 15.4. The van der Waals surface area contributed by atoms with Crippen LogP contribution in [0.4, 0.5) is 0 Å². The normalized spacial score (nSPS) is 32.9. The largest absolute Gasteiger partial charge is 0.496 e. The summed E-state index contributed by atoms with van der Waals surface area (Å²) in [7, 11) is 1.58. The summed E-state index contributed by atoms with van der Waals surface area (Å²) in [5, 5.41) is 38.6. The number of methoxy groups -OCH3 is 1. The minimum Gasteiger partial charge on any atom is -0.496 e. The van der Waals surface area contributed by atoms with Crippen LogP contribution in [-0.4, -0.2) is 64.0 Å². The number of hydrogen-bond donors (Lipinski definition) is 4. The summed E-state index contributed by atoms with van der Waals surface area (Å²) in [6.45, 7) is -0.420. The molecule has 4 N–H and O–H groups in total. The second kappa shape index (κ2) is 7.44. The first-order chi connectivity index (χ1) is 10.1. The number of para-hydroxylation sites is 1. The first-order valence-electron chi connectivity index (χ1n) is 6.62. The molecule has 0 bridgehead atoms. The Balaban J connectivity index is 2.01. The molecule has 1 heterocycles. The predicted molar refractivity (Wildman–Crippen MR) is 78.1 cm³/mol. The lowest BCUT2D eigenvalue weighted by Crippen LogP contribution is -2.57. The Morgan fingerprint density at radius 1 is 1.14 bits per heavy atom. The van der Waals surface area contributed by atoms with E-state index in [0.717, 1.165) is 11.3 Å². The second-order valence-corrected chi connectivity index (χ2v) is 5.91. The molecule has 0 saturated carbocycles. The molecule has 0 amide bonds. The molecule has 21 heavy (non-hydrogen) atoms. The molecule has 1 aromatic carbocycles. The third-order valence-corrected chi connectivity index (χ3v) is 4.64. The van der Waals surface area contributed by atoms with Crippen LogP contribution < -0.4 is 4.74 Å². The third kappa shape index (κ3) is 3.68. The summed E-state index contributed by atoms with van der Waals surface area (Å²) in [6, 6.07) is 7.48. The Morgan fingerprint density at radius 2 is 1.86 bits per heavy atom. The summed E-state index contributed by atoms with van der Waals surface area (Å²) >= 11 is 1.28. The van der Waals surface area contributed by atoms with Crippen LogP contribution in [0.25, 0.3) is 0 Å². The Bertz CT molecular complexity index is 455. The highest BCUT2D eigenvalue weighted by Gasteiger charge is 2.43. The topological polar surface area (TPSA) is 99.4 Å². The van der Waals surface area contributed by atoms with Crippen molar-refractivity contribution in [2.45, 2.75) is 35.6 Å². The summed E-state index contributed by atoms with van der Waals surface area (Å²) < 4.78 is 10.7. The molecule has 1 aliphatic rings. The number of thioether (sulfide) groups is 1. The first kappa shape index (κ1) is 16.5. The van der Waals surface area contributed by atoms with Gasteiger partial charge < -0.3 is 29.9 Å². The van der Waals surface area contributed by atoms with Crippen LogP contribution in [0.3, 0.4) is 0 Å². The SMILES string of the molecule is COc1ccccc1CS[C@@H]1O[C@H](CO)[C@@H](O)[C@H](O)[C@H]1O. The van der Waals surface area contributed by atoms with Crippen molar-refractivity contribution in [3.8, 4) is 5.75 Å². The summed E-state index contributed by atoms with van der Waals surface area (Å²) in [5.41, 5.74) is 0.201. The van der Waals surface area contributed by atoms with Crippen molar-refractivity contribution < 1.29 is 29.9 Å². The highest BCUT2D eigenvalue weighted by molar-refractivity contribution is 7.99. The van der Waals surface area contributed by atoms with Gasteiger partial charge in [0, 0.05) is 11.3 Å². The van der Waals surface area contributed by atoms with Gasteiger partial charge in [-0.2, -0.15) is 0 Å². The summed E-state index contributed by atoms with van der Waals surface area (Å²) in [5.74, 6) is 1.24. The molecule has 1 aliphatic heterocycles. The van der Waals surface area contributed by atoms with Crippen LogP contribution in [0.2, 0.25) is 0 Å². The lowest BCUT2D eigenvalue weighted by Gasteiger charge is -2.39. The summed E-state index contributed by atoms with van der Waals surface area (Å²) in [6.07, 6.45) is -4.76. The molecule has 1 fully saturated rings. The van der Waals surface area contributed by atoms with Crippen LogP contribution in [0.5, 0.6) is 5.75 Å². The molecule has 0 unspecified atom stereocenters. The van der Waals surface area contributed by atoms with Crippen molar-refractivity contribution in [2.24, 2.45) is 0 Å². The van der Waals surface area contributed by atoms with Gasteiger partial charge >= 0.3 is 0 Å². The average Bonchev–Trinajstić information content (AvgIpc) is 2.52. The van der Waals surface area contributed by atoms with E-state index in [1.165, 1.54) is 11.8 Å². The fourth-order valence-corrected chi connectivity index (χ4v) is 3.36. The molecule has 1 aromatic rings. The number of rotatable bonds is 5. The summed E-state index contributed by atoms with van der Waals surface area (Å²) in [4.78, 5) is 0. The van der Waals surface area contributed by atoms with Gasteiger partial charge in [-0.3, -0.25) is 0 Å². The molecule has 5 atom stereocenters. The van der Waals surface area contributed by atoms with Gasteiger partial charge in [0.1, 0.15) is 35.6 Å². The number of ether oxygens (including phenoxy) is 2. The number of aliphatic hydroxyl groups is 4. The highest BCUT2D eigenvalue weighted by atomic mass is 32.2. The second-order valence-electron chi connectivity index (χ2n) is 4.82. The van der Waals surface area contributed by atoms with E-state index in [1.54, 1.807) is 7.11 Å². The van der Waals surface area contributed by atoms with E-state index in [2.05, 4.69) is 0 Å². The van der Waals surface area contributed by atoms with Gasteiger partial charge in [-0.15, -0.1) is 11.8 Å². The van der Waals surface area contributed by atoms with Gasteiger partial charge in [0.15, 0.2) is 0 Å². The zero-order valence-electron chi connectivity index (χ0n) is 11.6. The van der Waals surface area contributed by atoms with Gasteiger partial charge in [0.25, 0.3) is 0 Å². The molecule has 0 aromatic heterocycles. The molecule has 7 heteroatoms. The van der Waals surface area contributed by atoms with Gasteiger partial charge in [-0.25, -0.2) is 0 Å². The van der Waals surface area contributed by atoms with Crippen LogP contribution in [0.1, 0.15) is 5.56 Å². The Morgan fingerprint density at radius 3 is 2.52 bits per heavy atom. The van der Waals surface area contributed by atoms with E-state index in [-0.39, 0.29) is 0 Å². The maximum Gasteiger partial charge on any atom is 0.132 e. The average molecular weight is 316 g/mol. The van der Waals surface area contributed by atoms with Gasteiger partial charge in [-0.05, 0) is 6.07 Å². The van der Waals surface area contributed by atoms with Crippen molar-refractivity contribution in [3.05, 3.63) is 29.8 Å². The standard InChI is InChI=1S/C14H20O6S/c1-19-9-5-3-2-4-8(9)7-21-14-13(18)12(17)11(16)10(6-15)20-14/h2-5,10-18H,6-7H2,1H3/t10-,11-,12+,13-,14+/m1/s1. The zero-order valence-corrected chi connectivity index (χ0v) is 12.4. The van der Waals surface area contributed by atoms with Crippen LogP contribution in [0.15, 0.2) is 24.3 Å². The van der Waals surface area contributed by atoms with Crippen molar-refractivity contribution in [1.29, 1.82) is 0 Å². The van der Waals surface area contributed by atoms with Gasteiger partial charge in [-0.1, -0.05) is 18.2 Å². The molecule has 1 saturated heterocycles. The number of aliphatic hydroxyl groups excluding tert-OH is 4. The van der Waals surface area contributed by atoms with Gasteiger partial charge in [0.05, 0.1) is 13.7 Å². The van der Waals surface area contributed by atoms with E-state index in [9.17, 15) is 15.3 Å². The Hall–Kier alpha value is -0.830. The van der Waals surface area contributed by atoms with Crippen molar-refractivity contribution in [1.82, 2.24) is 0 Å². The first-order valence-corrected chi connectivity index (χ1v) is 7.67. The van der Waals surface area contributed by atoms with Crippen LogP contribution >= 0.6 is 11.8 Å². The monoisotopic (exact) mass is 316 g/mol. The van der Waals surface area contributed by atoms with Gasteiger partial charge in [0.2, 0.25) is 0 Å².